The Morgan fingerprint density at radius 3 is 2.40 bits per heavy atom. The lowest BCUT2D eigenvalue weighted by Gasteiger charge is -2.37. The van der Waals surface area contributed by atoms with Gasteiger partial charge in [0.05, 0.1) is 0 Å². The molecule has 0 spiro atoms. The topological polar surface area (TPSA) is 56.4 Å². The van der Waals surface area contributed by atoms with Crippen LogP contribution in [0.15, 0.2) is 18.2 Å². The van der Waals surface area contributed by atoms with Crippen molar-refractivity contribution in [1.82, 2.24) is 9.80 Å². The van der Waals surface area contributed by atoms with Gasteiger partial charge in [-0.1, -0.05) is 12.1 Å². The predicted octanol–water partition coefficient (Wildman–Crippen LogP) is 1.81. The summed E-state index contributed by atoms with van der Waals surface area (Å²) in [6.07, 6.45) is 0. The lowest BCUT2D eigenvalue weighted by molar-refractivity contribution is 0.104. The zero-order valence-corrected chi connectivity index (χ0v) is 12.8. The Hall–Kier alpha value is -1.39. The third-order valence-corrected chi connectivity index (χ3v) is 4.18. The van der Waals surface area contributed by atoms with Gasteiger partial charge in [0.2, 0.25) is 0 Å². The van der Waals surface area contributed by atoms with Crippen molar-refractivity contribution in [3.05, 3.63) is 34.9 Å². The number of hydrogen-bond acceptors (Lipinski definition) is 3. The molecule has 1 aliphatic rings. The van der Waals surface area contributed by atoms with Gasteiger partial charge in [-0.25, -0.2) is 0 Å². The second kappa shape index (κ2) is 6.37. The minimum absolute atomic E-state index is 0.144. The average molecular weight is 274 g/mol. The fourth-order valence-corrected chi connectivity index (χ4v) is 2.72. The normalized spacial score (nSPS) is 17.6. The molecule has 1 heterocycles. The molecule has 2 rings (SSSR count). The lowest BCUT2D eigenvalue weighted by Crippen LogP contribution is -2.48. The van der Waals surface area contributed by atoms with Gasteiger partial charge in [0.25, 0.3) is 0 Å². The molecule has 0 aromatic heterocycles. The molecule has 1 aromatic rings. The molecule has 1 aliphatic heterocycles. The molecule has 0 amide bonds. The van der Waals surface area contributed by atoms with E-state index < -0.39 is 0 Å². The van der Waals surface area contributed by atoms with Crippen LogP contribution in [0.4, 0.5) is 0 Å². The summed E-state index contributed by atoms with van der Waals surface area (Å²) < 4.78 is 0. The van der Waals surface area contributed by atoms with Crippen LogP contribution in [0.25, 0.3) is 0 Å². The Kier molecular flexibility index (Phi) is 4.78. The first-order valence-corrected chi connectivity index (χ1v) is 7.37. The quantitative estimate of drug-likeness (QED) is 0.650. The Morgan fingerprint density at radius 1 is 1.25 bits per heavy atom. The third kappa shape index (κ3) is 3.58. The van der Waals surface area contributed by atoms with E-state index >= 15 is 0 Å². The number of nitrogens with two attached hydrogens (primary N) is 1. The van der Waals surface area contributed by atoms with Gasteiger partial charge < -0.3 is 5.73 Å². The van der Waals surface area contributed by atoms with Crippen molar-refractivity contribution >= 4 is 5.84 Å². The van der Waals surface area contributed by atoms with Crippen LogP contribution >= 0.6 is 0 Å². The third-order valence-electron chi connectivity index (χ3n) is 4.18. The number of nitrogens with one attached hydrogen (secondary N) is 1. The molecule has 0 atom stereocenters. The van der Waals surface area contributed by atoms with Gasteiger partial charge in [-0.2, -0.15) is 0 Å². The van der Waals surface area contributed by atoms with Crippen molar-refractivity contribution in [3.8, 4) is 0 Å². The lowest BCUT2D eigenvalue weighted by atomic mass is 10.0. The van der Waals surface area contributed by atoms with Gasteiger partial charge in [-0.15, -0.1) is 0 Å². The SMILES string of the molecule is Cc1cc(C(=N)N)ccc1CN1CCN(C(C)C)CC1. The standard InChI is InChI=1S/C16H26N4/c1-12(2)20-8-6-19(7-9-20)11-15-5-4-14(16(17)18)10-13(15)3/h4-5,10,12H,6-9,11H2,1-3H3,(H3,17,18). The van der Waals surface area contributed by atoms with Gasteiger partial charge in [0, 0.05) is 44.3 Å². The van der Waals surface area contributed by atoms with Crippen LogP contribution in [0, 0.1) is 12.3 Å². The van der Waals surface area contributed by atoms with Gasteiger partial charge >= 0.3 is 0 Å². The second-order valence-electron chi connectivity index (χ2n) is 5.96. The Balaban J connectivity index is 1.96. The number of hydrogen-bond donors (Lipinski definition) is 2. The monoisotopic (exact) mass is 274 g/mol. The number of nitrogen functional groups attached to an aromatic ring is 1. The van der Waals surface area contributed by atoms with Crippen molar-refractivity contribution in [2.24, 2.45) is 5.73 Å². The van der Waals surface area contributed by atoms with Crippen molar-refractivity contribution in [2.45, 2.75) is 33.4 Å². The largest absolute Gasteiger partial charge is 0.384 e. The van der Waals surface area contributed by atoms with Crippen LogP contribution < -0.4 is 5.73 Å². The number of benzene rings is 1. The van der Waals surface area contributed by atoms with E-state index in [1.807, 2.05) is 12.1 Å². The maximum atomic E-state index is 7.48. The maximum Gasteiger partial charge on any atom is 0.122 e. The van der Waals surface area contributed by atoms with E-state index in [1.165, 1.54) is 11.1 Å². The summed E-state index contributed by atoms with van der Waals surface area (Å²) in [6.45, 7) is 12.2. The van der Waals surface area contributed by atoms with Gasteiger partial charge in [0.1, 0.15) is 5.84 Å². The second-order valence-corrected chi connectivity index (χ2v) is 5.96. The molecule has 0 saturated carbocycles. The van der Waals surface area contributed by atoms with Gasteiger partial charge in [-0.05, 0) is 38.0 Å². The molecule has 110 valence electrons. The Bertz CT molecular complexity index is 473. The molecule has 4 heteroatoms. The van der Waals surface area contributed by atoms with Crippen LogP contribution in [-0.2, 0) is 6.54 Å². The molecule has 1 aromatic carbocycles. The highest BCUT2D eigenvalue weighted by Gasteiger charge is 2.19. The molecule has 4 nitrogen and oxygen atoms in total. The average Bonchev–Trinajstić information content (AvgIpc) is 2.41. The molecule has 0 bridgehead atoms. The predicted molar refractivity (Wildman–Crippen MR) is 84.2 cm³/mol. The highest BCUT2D eigenvalue weighted by Crippen LogP contribution is 2.15. The van der Waals surface area contributed by atoms with Crippen LogP contribution in [0.3, 0.4) is 0 Å². The Labute approximate surface area is 122 Å². The summed E-state index contributed by atoms with van der Waals surface area (Å²) in [4.78, 5) is 5.04. The molecule has 1 saturated heterocycles. The van der Waals surface area contributed by atoms with E-state index in [-0.39, 0.29) is 5.84 Å². The first-order valence-electron chi connectivity index (χ1n) is 7.37. The fraction of sp³-hybridized carbons (Fsp3) is 0.562. The molecule has 0 aliphatic carbocycles. The van der Waals surface area contributed by atoms with Gasteiger partial charge in [0.15, 0.2) is 0 Å². The number of amidine groups is 1. The minimum Gasteiger partial charge on any atom is -0.384 e. The first kappa shape index (κ1) is 15.0. The molecular weight excluding hydrogens is 248 g/mol. The number of nitrogens with zero attached hydrogens (tertiary/aromatic N) is 2. The first-order chi connectivity index (χ1) is 9.47. The van der Waals surface area contributed by atoms with E-state index in [9.17, 15) is 0 Å². The van der Waals surface area contributed by atoms with Crippen molar-refractivity contribution in [1.29, 1.82) is 5.41 Å². The van der Waals surface area contributed by atoms with Crippen molar-refractivity contribution in [2.75, 3.05) is 26.2 Å². The summed E-state index contributed by atoms with van der Waals surface area (Å²) in [5.41, 5.74) is 8.91. The summed E-state index contributed by atoms with van der Waals surface area (Å²) in [5.74, 6) is 0.144. The van der Waals surface area contributed by atoms with Crippen LogP contribution in [0.2, 0.25) is 0 Å². The molecule has 20 heavy (non-hydrogen) atoms. The summed E-state index contributed by atoms with van der Waals surface area (Å²) in [7, 11) is 0. The summed E-state index contributed by atoms with van der Waals surface area (Å²) in [5, 5.41) is 7.48. The van der Waals surface area contributed by atoms with Crippen molar-refractivity contribution < 1.29 is 0 Å². The van der Waals surface area contributed by atoms with E-state index in [1.54, 1.807) is 0 Å². The summed E-state index contributed by atoms with van der Waals surface area (Å²) >= 11 is 0. The number of piperazine rings is 1. The molecule has 0 radical (unpaired) electrons. The summed E-state index contributed by atoms with van der Waals surface area (Å²) in [6, 6.07) is 6.73. The van der Waals surface area contributed by atoms with E-state index in [0.717, 1.165) is 38.3 Å². The van der Waals surface area contributed by atoms with Crippen LogP contribution in [0.1, 0.15) is 30.5 Å². The molecule has 1 fully saturated rings. The maximum absolute atomic E-state index is 7.48. The fourth-order valence-electron chi connectivity index (χ4n) is 2.72. The molecular formula is C16H26N4. The molecule has 3 N–H and O–H groups in total. The number of aryl methyl sites for hydroxylation is 1. The zero-order valence-electron chi connectivity index (χ0n) is 12.8. The van der Waals surface area contributed by atoms with E-state index in [2.05, 4.69) is 36.6 Å². The van der Waals surface area contributed by atoms with Gasteiger partial charge in [-0.3, -0.25) is 15.2 Å². The van der Waals surface area contributed by atoms with Crippen LogP contribution in [0.5, 0.6) is 0 Å². The minimum atomic E-state index is 0.144. The van der Waals surface area contributed by atoms with E-state index in [0.29, 0.717) is 6.04 Å². The van der Waals surface area contributed by atoms with Crippen molar-refractivity contribution in [3.63, 3.8) is 0 Å². The number of rotatable bonds is 4. The molecule has 0 unspecified atom stereocenters. The highest BCUT2D eigenvalue weighted by atomic mass is 15.3. The van der Waals surface area contributed by atoms with Crippen LogP contribution in [-0.4, -0.2) is 47.9 Å². The Morgan fingerprint density at radius 2 is 1.90 bits per heavy atom. The smallest absolute Gasteiger partial charge is 0.122 e. The zero-order chi connectivity index (χ0) is 14.7. The highest BCUT2D eigenvalue weighted by molar-refractivity contribution is 5.95. The van der Waals surface area contributed by atoms with E-state index in [4.69, 9.17) is 11.1 Å².